The topological polar surface area (TPSA) is 88.5 Å². The van der Waals surface area contributed by atoms with Crippen LogP contribution in [0.1, 0.15) is 29.5 Å². The summed E-state index contributed by atoms with van der Waals surface area (Å²) in [7, 11) is -3.80. The lowest BCUT2D eigenvalue weighted by atomic mass is 10.1. The summed E-state index contributed by atoms with van der Waals surface area (Å²) in [6.07, 6.45) is 1.42. The first-order valence-corrected chi connectivity index (χ1v) is 13.7. The first-order chi connectivity index (χ1) is 16.9. The summed E-state index contributed by atoms with van der Waals surface area (Å²) in [5.74, 6) is 0.131. The van der Waals surface area contributed by atoms with E-state index in [1.54, 1.807) is 16.7 Å². The molecule has 1 aliphatic rings. The van der Waals surface area contributed by atoms with E-state index < -0.39 is 10.0 Å². The van der Waals surface area contributed by atoms with Gasteiger partial charge >= 0.3 is 4.87 Å². The highest BCUT2D eigenvalue weighted by molar-refractivity contribution is 7.89. The van der Waals surface area contributed by atoms with Crippen LogP contribution in [0.4, 0.5) is 0 Å². The average Bonchev–Trinajstić information content (AvgIpc) is 3.40. The maximum Gasteiger partial charge on any atom is 0.308 e. The van der Waals surface area contributed by atoms with Crippen molar-refractivity contribution in [3.8, 4) is 0 Å². The Morgan fingerprint density at radius 1 is 0.886 bits per heavy atom. The fraction of sp³-hybridized carbons (Fsp3) is 0.231. The number of carbonyl (C=O) groups excluding carboxylic acids is 1. The molecule has 1 amide bonds. The number of nitrogens with zero attached hydrogens (tertiary/aromatic N) is 2. The molecule has 3 aromatic carbocycles. The van der Waals surface area contributed by atoms with Crippen molar-refractivity contribution >= 4 is 37.5 Å². The highest BCUT2D eigenvalue weighted by Gasteiger charge is 2.22. The molecule has 9 heteroatoms. The van der Waals surface area contributed by atoms with Gasteiger partial charge in [0, 0.05) is 26.1 Å². The highest BCUT2D eigenvalue weighted by Crippen LogP contribution is 2.23. The summed E-state index contributed by atoms with van der Waals surface area (Å²) in [4.78, 5) is 26.4. The van der Waals surface area contributed by atoms with Gasteiger partial charge in [0.15, 0.2) is 0 Å². The fourth-order valence-corrected chi connectivity index (χ4v) is 6.38. The normalized spacial score (nSPS) is 14.2. The van der Waals surface area contributed by atoms with E-state index in [0.29, 0.717) is 29.7 Å². The minimum Gasteiger partial charge on any atom is -0.338 e. The number of hydrogen-bond acceptors (Lipinski definition) is 5. The SMILES string of the molecule is O=C1CCCN1Cc1ccccc1CNS(=O)(=O)c1ccc2c(c1)sc(=O)n2Cc1ccccc1. The number of amides is 1. The molecule has 1 aromatic heterocycles. The van der Waals surface area contributed by atoms with Gasteiger partial charge in [-0.05, 0) is 41.3 Å². The molecular weight excluding hydrogens is 482 g/mol. The Hall–Kier alpha value is -3.27. The highest BCUT2D eigenvalue weighted by atomic mass is 32.2. The Balaban J connectivity index is 1.35. The maximum absolute atomic E-state index is 13.1. The predicted octanol–water partition coefficient (Wildman–Crippen LogP) is 3.71. The van der Waals surface area contributed by atoms with E-state index in [0.717, 1.165) is 41.0 Å². The van der Waals surface area contributed by atoms with E-state index >= 15 is 0 Å². The van der Waals surface area contributed by atoms with Gasteiger partial charge in [0.1, 0.15) is 0 Å². The largest absolute Gasteiger partial charge is 0.338 e. The van der Waals surface area contributed by atoms with Crippen LogP contribution in [0, 0.1) is 0 Å². The molecule has 35 heavy (non-hydrogen) atoms. The van der Waals surface area contributed by atoms with Crippen LogP contribution in [0.2, 0.25) is 0 Å². The molecule has 1 saturated heterocycles. The van der Waals surface area contributed by atoms with Crippen LogP contribution in [0.3, 0.4) is 0 Å². The molecule has 2 heterocycles. The molecule has 0 saturated carbocycles. The van der Waals surface area contributed by atoms with Gasteiger partial charge in [-0.25, -0.2) is 13.1 Å². The van der Waals surface area contributed by atoms with Crippen molar-refractivity contribution in [3.05, 3.63) is 99.2 Å². The number of fused-ring (bicyclic) bond motifs is 1. The Morgan fingerprint density at radius 3 is 2.37 bits per heavy atom. The number of nitrogens with one attached hydrogen (secondary N) is 1. The Labute approximate surface area is 207 Å². The fourth-order valence-electron chi connectivity index (χ4n) is 4.35. The van der Waals surface area contributed by atoms with Crippen LogP contribution in [0.25, 0.3) is 10.2 Å². The number of likely N-dealkylation sites (tertiary alicyclic amines) is 1. The number of hydrogen-bond donors (Lipinski definition) is 1. The molecule has 0 aliphatic carbocycles. The molecule has 7 nitrogen and oxygen atoms in total. The van der Waals surface area contributed by atoms with Crippen molar-refractivity contribution in [2.45, 2.75) is 37.4 Å². The summed E-state index contributed by atoms with van der Waals surface area (Å²) in [5, 5.41) is 0. The minimum absolute atomic E-state index is 0.115. The van der Waals surface area contributed by atoms with Gasteiger partial charge in [0.05, 0.1) is 21.7 Å². The van der Waals surface area contributed by atoms with Gasteiger partial charge in [-0.3, -0.25) is 14.2 Å². The van der Waals surface area contributed by atoms with Crippen molar-refractivity contribution in [3.63, 3.8) is 0 Å². The molecule has 180 valence electrons. The lowest BCUT2D eigenvalue weighted by Crippen LogP contribution is -2.27. The zero-order chi connectivity index (χ0) is 24.4. The molecule has 1 fully saturated rings. The summed E-state index contributed by atoms with van der Waals surface area (Å²) in [6, 6.07) is 22.0. The van der Waals surface area contributed by atoms with Gasteiger partial charge in [0.2, 0.25) is 15.9 Å². The van der Waals surface area contributed by atoms with Crippen molar-refractivity contribution in [1.82, 2.24) is 14.2 Å². The van der Waals surface area contributed by atoms with E-state index in [-0.39, 0.29) is 22.2 Å². The minimum atomic E-state index is -3.80. The van der Waals surface area contributed by atoms with Crippen molar-refractivity contribution in [2.24, 2.45) is 0 Å². The molecule has 0 unspecified atom stereocenters. The van der Waals surface area contributed by atoms with Gasteiger partial charge in [-0.1, -0.05) is 65.9 Å². The second-order valence-corrected chi connectivity index (χ2v) is 11.3. The van der Waals surface area contributed by atoms with Crippen LogP contribution in [-0.4, -0.2) is 30.3 Å². The second-order valence-electron chi connectivity index (χ2n) is 8.58. The maximum atomic E-state index is 13.1. The zero-order valence-corrected chi connectivity index (χ0v) is 20.6. The molecule has 0 radical (unpaired) electrons. The van der Waals surface area contributed by atoms with Crippen LogP contribution in [0.15, 0.2) is 82.5 Å². The van der Waals surface area contributed by atoms with Crippen molar-refractivity contribution < 1.29 is 13.2 Å². The van der Waals surface area contributed by atoms with Gasteiger partial charge < -0.3 is 4.90 Å². The summed E-state index contributed by atoms with van der Waals surface area (Å²) in [6.45, 7) is 1.75. The molecule has 5 rings (SSSR count). The van der Waals surface area contributed by atoms with Crippen LogP contribution in [0.5, 0.6) is 0 Å². The molecule has 0 atom stereocenters. The third-order valence-corrected chi connectivity index (χ3v) is 8.58. The Bertz CT molecular complexity index is 1540. The predicted molar refractivity (Wildman–Crippen MR) is 137 cm³/mol. The van der Waals surface area contributed by atoms with E-state index in [1.165, 1.54) is 6.07 Å². The zero-order valence-electron chi connectivity index (χ0n) is 19.0. The summed E-state index contributed by atoms with van der Waals surface area (Å²) >= 11 is 1.04. The summed E-state index contributed by atoms with van der Waals surface area (Å²) < 4.78 is 31.1. The van der Waals surface area contributed by atoms with Crippen molar-refractivity contribution in [2.75, 3.05) is 6.54 Å². The van der Waals surface area contributed by atoms with Gasteiger partial charge in [-0.2, -0.15) is 0 Å². The van der Waals surface area contributed by atoms with E-state index in [9.17, 15) is 18.0 Å². The van der Waals surface area contributed by atoms with Crippen molar-refractivity contribution in [1.29, 1.82) is 0 Å². The lowest BCUT2D eigenvalue weighted by molar-refractivity contribution is -0.128. The first kappa shape index (κ1) is 23.5. The quantitative estimate of drug-likeness (QED) is 0.394. The van der Waals surface area contributed by atoms with Crippen LogP contribution < -0.4 is 9.60 Å². The smallest absolute Gasteiger partial charge is 0.308 e. The molecule has 1 N–H and O–H groups in total. The van der Waals surface area contributed by atoms with E-state index in [1.807, 2.05) is 59.5 Å². The number of sulfonamides is 1. The van der Waals surface area contributed by atoms with Gasteiger partial charge in [-0.15, -0.1) is 0 Å². The molecule has 0 bridgehead atoms. The number of thiazole rings is 1. The van der Waals surface area contributed by atoms with Crippen LogP contribution in [-0.2, 0) is 34.5 Å². The van der Waals surface area contributed by atoms with Crippen LogP contribution >= 0.6 is 11.3 Å². The summed E-state index contributed by atoms with van der Waals surface area (Å²) in [5.41, 5.74) is 3.47. The Kier molecular flexibility index (Phi) is 6.55. The molecular formula is C26H25N3O4S2. The third kappa shape index (κ3) is 5.07. The number of aromatic nitrogens is 1. The monoisotopic (exact) mass is 507 g/mol. The van der Waals surface area contributed by atoms with Gasteiger partial charge in [0.25, 0.3) is 0 Å². The molecule has 0 spiro atoms. The number of rotatable bonds is 8. The van der Waals surface area contributed by atoms with E-state index in [4.69, 9.17) is 0 Å². The Morgan fingerprint density at radius 2 is 1.63 bits per heavy atom. The number of benzene rings is 3. The van der Waals surface area contributed by atoms with E-state index in [2.05, 4.69) is 4.72 Å². The number of carbonyl (C=O) groups is 1. The average molecular weight is 508 g/mol. The molecule has 1 aliphatic heterocycles. The second kappa shape index (κ2) is 9.77. The lowest BCUT2D eigenvalue weighted by Gasteiger charge is -2.18. The first-order valence-electron chi connectivity index (χ1n) is 11.4. The standard InChI is InChI=1S/C26H25N3O4S2/c30-25-11-6-14-28(25)18-21-10-5-4-9-20(21)16-27-35(32,33)22-12-13-23-24(15-22)34-26(31)29(23)17-19-7-2-1-3-8-19/h1-5,7-10,12-13,15,27H,6,11,14,16-18H2. The molecule has 4 aromatic rings. The third-order valence-electron chi connectivity index (χ3n) is 6.24.